The van der Waals surface area contributed by atoms with Crippen molar-refractivity contribution in [2.45, 2.75) is 25.0 Å². The molecule has 0 spiro atoms. The second-order valence-corrected chi connectivity index (χ2v) is 27.8. The van der Waals surface area contributed by atoms with E-state index in [2.05, 4.69) is 81.5 Å². The molecule has 9 aromatic rings. The molecule has 37 heteroatoms. The minimum atomic E-state index is -0.966. The lowest BCUT2D eigenvalue weighted by molar-refractivity contribution is -0.00339. The Bertz CT molecular complexity index is 4380. The zero-order valence-corrected chi connectivity index (χ0v) is 57.5. The number of nitrogens with one attached hydrogen (secondary N) is 5. The van der Waals surface area contributed by atoms with Crippen LogP contribution >= 0.6 is 68.5 Å². The number of carbonyl (C=O) groups excluding carboxylic acids is 3. The van der Waals surface area contributed by atoms with Crippen LogP contribution < -0.4 is 52.2 Å². The summed E-state index contributed by atoms with van der Waals surface area (Å²) in [4.78, 5) is 94.1. The zero-order valence-electron chi connectivity index (χ0n) is 52.7. The van der Waals surface area contributed by atoms with Crippen molar-refractivity contribution in [3.63, 3.8) is 0 Å². The number of carboxylic acid groups (broad SMARTS) is 1. The third kappa shape index (κ3) is 16.6. The molecule has 0 radical (unpaired) electrons. The van der Waals surface area contributed by atoms with Crippen molar-refractivity contribution in [1.82, 2.24) is 55.8 Å². The number of halogens is 2. The van der Waals surface area contributed by atoms with Gasteiger partial charge in [0.2, 0.25) is 22.5 Å². The number of hydrazine groups is 1. The zero-order chi connectivity index (χ0) is 67.7. The maximum Gasteiger partial charge on any atom is 0.345 e. The number of aromatic nitrogens is 8. The van der Waals surface area contributed by atoms with Crippen LogP contribution in [0.1, 0.15) is 49.8 Å². The fourth-order valence-corrected chi connectivity index (χ4v) is 15.1. The number of rotatable bonds is 15. The van der Waals surface area contributed by atoms with E-state index in [1.807, 2.05) is 42.2 Å². The molecule has 516 valence electrons. The molecule has 1 aromatic carbocycles. The Morgan fingerprint density at radius 3 is 1.19 bits per heavy atom. The highest BCUT2D eigenvalue weighted by molar-refractivity contribution is 7.22. The fourth-order valence-electron chi connectivity index (χ4n) is 10.8. The number of morpholine rings is 4. The Hall–Kier alpha value is -8.01. The lowest BCUT2D eigenvalue weighted by Gasteiger charge is -2.28. The first-order valence-corrected chi connectivity index (χ1v) is 35.4. The Morgan fingerprint density at radius 2 is 0.837 bits per heavy atom. The normalized spacial score (nSPS) is 17.6. The molecule has 98 heavy (non-hydrogen) atoms. The summed E-state index contributed by atoms with van der Waals surface area (Å²) in [7, 11) is 0. The third-order valence-electron chi connectivity index (χ3n) is 16.0. The van der Waals surface area contributed by atoms with E-state index in [0.29, 0.717) is 154 Å². The highest BCUT2D eigenvalue weighted by atomic mass is 35.5. The van der Waals surface area contributed by atoms with Crippen molar-refractivity contribution >= 4 is 174 Å². The molecule has 31 nitrogen and oxygen atoms in total. The SMILES string of the molecule is Cc1cccc(/C=N/Nc2nc(N3CCOCC3)c3sc(C(=O)NC4COC4)cc3n2)c1.NNc1nc(N2CCOCC2)c2sc(C(=O)NC3COC3)cc2n1.O=C(NC1COC1)c1cc2nc(Cl)nc(N3CCOCC3)c2s1.O=C(O)c1cc2nc(Cl)nc(N3CCOCC3)c2s1. The average Bonchev–Trinajstić information content (AvgIpc) is 1.63. The van der Waals surface area contributed by atoms with Crippen LogP contribution in [0.2, 0.25) is 10.6 Å². The Kier molecular flexibility index (Phi) is 22.3. The summed E-state index contributed by atoms with van der Waals surface area (Å²) in [5, 5.41) is 22.6. The topological polar surface area (TPSA) is 368 Å². The van der Waals surface area contributed by atoms with Crippen molar-refractivity contribution in [2.24, 2.45) is 10.9 Å². The Balaban J connectivity index is 0.000000120. The number of amides is 3. The number of carbonyl (C=O) groups is 4. The van der Waals surface area contributed by atoms with E-state index in [4.69, 9.17) is 72.3 Å². The van der Waals surface area contributed by atoms with Gasteiger partial charge in [-0.2, -0.15) is 25.0 Å². The molecule has 0 saturated carbocycles. The number of hydrazone groups is 1. The van der Waals surface area contributed by atoms with Gasteiger partial charge < -0.3 is 73.8 Å². The number of hydrogen-bond donors (Lipinski definition) is 7. The van der Waals surface area contributed by atoms with Gasteiger partial charge in [-0.15, -0.1) is 45.3 Å². The largest absolute Gasteiger partial charge is 0.477 e. The van der Waals surface area contributed by atoms with Crippen molar-refractivity contribution < 1.29 is 57.4 Å². The minimum absolute atomic E-state index is 0.0747. The van der Waals surface area contributed by atoms with E-state index in [0.717, 1.165) is 86.6 Å². The highest BCUT2D eigenvalue weighted by Gasteiger charge is 2.29. The van der Waals surface area contributed by atoms with Gasteiger partial charge in [0.15, 0.2) is 23.3 Å². The third-order valence-corrected chi connectivity index (χ3v) is 20.8. The van der Waals surface area contributed by atoms with E-state index in [-0.39, 0.29) is 51.3 Å². The quantitative estimate of drug-likeness (QED) is 0.0286. The van der Waals surface area contributed by atoms with Gasteiger partial charge >= 0.3 is 5.97 Å². The molecule has 8 N–H and O–H groups in total. The molecular weight excluding hydrogens is 1390 g/mol. The molecule has 16 rings (SSSR count). The van der Waals surface area contributed by atoms with Crippen molar-refractivity contribution in [1.29, 1.82) is 0 Å². The fraction of sp³-hybridized carbons (Fsp3) is 0.426. The van der Waals surface area contributed by atoms with Crippen molar-refractivity contribution in [3.8, 4) is 0 Å². The number of ether oxygens (including phenoxy) is 7. The van der Waals surface area contributed by atoms with Crippen LogP contribution in [0.3, 0.4) is 0 Å². The Morgan fingerprint density at radius 1 is 0.490 bits per heavy atom. The summed E-state index contributed by atoms with van der Waals surface area (Å²) < 4.78 is 40.3. The van der Waals surface area contributed by atoms with Crippen LogP contribution in [0.15, 0.2) is 53.6 Å². The van der Waals surface area contributed by atoms with Gasteiger partial charge in [-0.25, -0.2) is 36.0 Å². The van der Waals surface area contributed by atoms with Crippen LogP contribution in [0.4, 0.5) is 35.2 Å². The van der Waals surface area contributed by atoms with Gasteiger partial charge in [0.1, 0.15) is 4.88 Å². The predicted molar refractivity (Wildman–Crippen MR) is 375 cm³/mol. The summed E-state index contributed by atoms with van der Waals surface area (Å²) in [5.41, 5.74) is 10.3. The number of nitrogen functional groups attached to an aromatic ring is 1. The average molecular weight is 1460 g/mol. The van der Waals surface area contributed by atoms with Crippen molar-refractivity contribution in [2.75, 3.05) is 175 Å². The predicted octanol–water partition coefficient (Wildman–Crippen LogP) is 5.54. The molecular formula is C61H67Cl2N19O12S4. The number of carboxylic acids is 1. The van der Waals surface area contributed by atoms with Gasteiger partial charge in [-0.1, -0.05) is 29.8 Å². The number of nitrogens with zero attached hydrogens (tertiary/aromatic N) is 13. The van der Waals surface area contributed by atoms with Gasteiger partial charge in [0, 0.05) is 52.4 Å². The van der Waals surface area contributed by atoms with Crippen LogP contribution in [-0.2, 0) is 33.2 Å². The molecule has 7 saturated heterocycles. The first-order valence-electron chi connectivity index (χ1n) is 31.3. The smallest absolute Gasteiger partial charge is 0.345 e. The van der Waals surface area contributed by atoms with E-state index >= 15 is 0 Å². The number of aryl methyl sites for hydroxylation is 1. The molecule has 0 aliphatic carbocycles. The lowest BCUT2D eigenvalue weighted by Crippen LogP contribution is -2.48. The molecule has 0 unspecified atom stereocenters. The van der Waals surface area contributed by atoms with E-state index in [1.165, 1.54) is 57.0 Å². The summed E-state index contributed by atoms with van der Waals surface area (Å²) >= 11 is 17.3. The summed E-state index contributed by atoms with van der Waals surface area (Å²) in [6.07, 6.45) is 1.74. The summed E-state index contributed by atoms with van der Waals surface area (Å²) in [5.74, 6) is 7.97. The lowest BCUT2D eigenvalue weighted by atomic mass is 10.2. The van der Waals surface area contributed by atoms with Crippen LogP contribution in [-0.4, -0.2) is 238 Å². The summed E-state index contributed by atoms with van der Waals surface area (Å²) in [6.45, 7) is 16.5. The van der Waals surface area contributed by atoms with Gasteiger partial charge in [0.25, 0.3) is 17.7 Å². The maximum absolute atomic E-state index is 12.7. The van der Waals surface area contributed by atoms with Crippen LogP contribution in [0.25, 0.3) is 40.9 Å². The standard InChI is InChI=1S/C22H24N6O3S.C14H15ClN4O3S.C14H18N6O3S.C11H10ClN3O3S/c1-14-3-2-4-15(9-14)11-23-27-22-25-17-10-18(21(29)24-16-12-31-13-16)32-19(17)20(26-22)28-5-7-30-8-6-28;15-14-17-9-5-10(13(20)16-8-6-22-7-8)23-11(9)12(18-14)19-1-3-21-4-2-19;15-19-14-17-9-5-10(13(21)16-8-6-23-7-8)24-11(9)12(18-14)20-1-3-22-4-2-20;12-11-13-6-5-7(10(16)17)19-8(6)9(14-11)15-1-3-18-4-2-15/h2-4,9-11,16H,5-8,12-13H2,1H3,(H,24,29)(H,25,26,27);5,8H,1-4,6-7H2,(H,16,20);5,8H,1-4,6-7,15H2,(H,16,21)(H,17,18,19);5H,1-4H2,(H,16,17)/b23-11+;;;. The van der Waals surface area contributed by atoms with Crippen LogP contribution in [0, 0.1) is 6.92 Å². The first kappa shape index (κ1) is 68.5. The number of anilines is 6. The second kappa shape index (κ2) is 31.9. The molecule has 0 bridgehead atoms. The molecule has 7 aliphatic heterocycles. The van der Waals surface area contributed by atoms with Gasteiger partial charge in [-0.05, 0) is 60.0 Å². The number of fused-ring (bicyclic) bond motifs is 4. The summed E-state index contributed by atoms with van der Waals surface area (Å²) in [6, 6.07) is 15.2. The first-order chi connectivity index (χ1) is 47.7. The number of nitrogens with two attached hydrogens (primary N) is 1. The molecule has 0 atom stereocenters. The maximum atomic E-state index is 12.7. The minimum Gasteiger partial charge on any atom is -0.477 e. The molecule has 7 fully saturated rings. The van der Waals surface area contributed by atoms with Crippen LogP contribution in [0.5, 0.6) is 0 Å². The number of hydrogen-bond acceptors (Lipinski definition) is 31. The highest BCUT2D eigenvalue weighted by Crippen LogP contribution is 2.38. The molecule has 15 heterocycles. The van der Waals surface area contributed by atoms with E-state index in [1.54, 1.807) is 18.3 Å². The Labute approximate surface area is 585 Å². The van der Waals surface area contributed by atoms with E-state index in [9.17, 15) is 19.2 Å². The number of aromatic carboxylic acids is 1. The van der Waals surface area contributed by atoms with Crippen molar-refractivity contribution in [3.05, 3.63) is 89.7 Å². The molecule has 8 aromatic heterocycles. The molecule has 7 aliphatic rings. The molecule has 3 amide bonds. The van der Waals surface area contributed by atoms with E-state index < -0.39 is 5.97 Å². The second-order valence-electron chi connectivity index (χ2n) is 22.9. The van der Waals surface area contributed by atoms with Gasteiger partial charge in [-0.3, -0.25) is 19.8 Å². The number of benzene rings is 1. The monoisotopic (exact) mass is 1460 g/mol. The van der Waals surface area contributed by atoms with Gasteiger partial charge in [0.05, 0.1) is 172 Å². The number of thiophene rings is 4.